The Morgan fingerprint density at radius 1 is 1.40 bits per heavy atom. The van der Waals surface area contributed by atoms with Crippen molar-refractivity contribution in [1.82, 2.24) is 4.90 Å². The van der Waals surface area contributed by atoms with Crippen molar-refractivity contribution >= 4 is 17.5 Å². The van der Waals surface area contributed by atoms with Gasteiger partial charge >= 0.3 is 0 Å². The van der Waals surface area contributed by atoms with Crippen LogP contribution in [0.3, 0.4) is 0 Å². The molecule has 1 aromatic rings. The van der Waals surface area contributed by atoms with Gasteiger partial charge in [0.25, 0.3) is 5.91 Å². The van der Waals surface area contributed by atoms with E-state index < -0.39 is 0 Å². The first-order valence-electron chi connectivity index (χ1n) is 5.25. The normalized spacial score (nSPS) is 20.6. The van der Waals surface area contributed by atoms with Crippen LogP contribution in [0, 0.1) is 0 Å². The summed E-state index contributed by atoms with van der Waals surface area (Å²) in [5.74, 6) is 0.650. The zero-order chi connectivity index (χ0) is 10.7. The van der Waals surface area contributed by atoms with Crippen LogP contribution in [0.5, 0.6) is 0 Å². The fourth-order valence-corrected chi connectivity index (χ4v) is 2.33. The first-order chi connectivity index (χ1) is 7.33. The first-order valence-corrected chi connectivity index (χ1v) is 5.78. The lowest BCUT2D eigenvalue weighted by Crippen LogP contribution is -2.36. The molecule has 1 atom stereocenters. The standard InChI is InChI=1S/C12H14ClNO/c13-9-11-7-4-8-14(11)12(15)10-5-2-1-3-6-10/h1-3,5-6,11H,4,7-9H2/t11-/m0/s1. The number of hydrogen-bond donors (Lipinski definition) is 0. The van der Waals surface area contributed by atoms with E-state index in [2.05, 4.69) is 0 Å². The number of alkyl halides is 1. The van der Waals surface area contributed by atoms with Crippen molar-refractivity contribution in [3.8, 4) is 0 Å². The summed E-state index contributed by atoms with van der Waals surface area (Å²) in [6, 6.07) is 9.62. The zero-order valence-electron chi connectivity index (χ0n) is 8.53. The molecular weight excluding hydrogens is 210 g/mol. The minimum absolute atomic E-state index is 0.110. The van der Waals surface area contributed by atoms with Crippen LogP contribution < -0.4 is 0 Å². The van der Waals surface area contributed by atoms with Gasteiger partial charge in [-0.3, -0.25) is 4.79 Å². The lowest BCUT2D eigenvalue weighted by Gasteiger charge is -2.22. The first kappa shape index (κ1) is 10.5. The largest absolute Gasteiger partial charge is 0.334 e. The molecule has 1 amide bonds. The highest BCUT2D eigenvalue weighted by Gasteiger charge is 2.28. The van der Waals surface area contributed by atoms with Gasteiger partial charge in [-0.05, 0) is 25.0 Å². The fourth-order valence-electron chi connectivity index (χ4n) is 2.01. The van der Waals surface area contributed by atoms with Crippen LogP contribution in [-0.2, 0) is 0 Å². The SMILES string of the molecule is O=C(c1ccccc1)N1CCC[C@H]1CCl. The van der Waals surface area contributed by atoms with E-state index in [1.165, 1.54) is 0 Å². The van der Waals surface area contributed by atoms with Crippen molar-refractivity contribution in [2.75, 3.05) is 12.4 Å². The molecule has 0 unspecified atom stereocenters. The molecular formula is C12H14ClNO. The summed E-state index contributed by atoms with van der Waals surface area (Å²) < 4.78 is 0. The average Bonchev–Trinajstić information content (AvgIpc) is 2.77. The van der Waals surface area contributed by atoms with Gasteiger partial charge in [0.1, 0.15) is 0 Å². The molecule has 0 aromatic heterocycles. The Morgan fingerprint density at radius 2 is 2.13 bits per heavy atom. The summed E-state index contributed by atoms with van der Waals surface area (Å²) in [7, 11) is 0. The van der Waals surface area contributed by atoms with E-state index in [9.17, 15) is 4.79 Å². The van der Waals surface area contributed by atoms with Crippen molar-refractivity contribution in [3.05, 3.63) is 35.9 Å². The minimum atomic E-state index is 0.110. The molecule has 1 aliphatic heterocycles. The molecule has 1 aliphatic rings. The number of halogens is 1. The van der Waals surface area contributed by atoms with E-state index >= 15 is 0 Å². The van der Waals surface area contributed by atoms with Crippen molar-refractivity contribution in [2.45, 2.75) is 18.9 Å². The molecule has 1 aromatic carbocycles. The van der Waals surface area contributed by atoms with Crippen LogP contribution in [0.25, 0.3) is 0 Å². The molecule has 0 aliphatic carbocycles. The third-order valence-electron chi connectivity index (χ3n) is 2.84. The van der Waals surface area contributed by atoms with E-state index in [1.807, 2.05) is 35.2 Å². The molecule has 15 heavy (non-hydrogen) atoms. The van der Waals surface area contributed by atoms with Crippen molar-refractivity contribution in [3.63, 3.8) is 0 Å². The summed E-state index contributed by atoms with van der Waals surface area (Å²) in [5, 5.41) is 0. The van der Waals surface area contributed by atoms with Gasteiger partial charge in [0.15, 0.2) is 0 Å². The number of carbonyl (C=O) groups excluding carboxylic acids is 1. The second-order valence-corrected chi connectivity index (χ2v) is 4.12. The number of hydrogen-bond acceptors (Lipinski definition) is 1. The predicted molar refractivity (Wildman–Crippen MR) is 61.2 cm³/mol. The quantitative estimate of drug-likeness (QED) is 0.706. The topological polar surface area (TPSA) is 20.3 Å². The third-order valence-corrected chi connectivity index (χ3v) is 3.19. The Labute approximate surface area is 94.8 Å². The van der Waals surface area contributed by atoms with Crippen molar-refractivity contribution in [2.24, 2.45) is 0 Å². The molecule has 2 nitrogen and oxygen atoms in total. The summed E-state index contributed by atoms with van der Waals surface area (Å²) in [4.78, 5) is 14.0. The maximum absolute atomic E-state index is 12.1. The van der Waals surface area contributed by atoms with Crippen LogP contribution in [0.2, 0.25) is 0 Å². The molecule has 0 bridgehead atoms. The number of likely N-dealkylation sites (tertiary alicyclic amines) is 1. The molecule has 0 radical (unpaired) electrons. The molecule has 1 heterocycles. The number of rotatable bonds is 2. The fraction of sp³-hybridized carbons (Fsp3) is 0.417. The Hall–Kier alpha value is -1.02. The lowest BCUT2D eigenvalue weighted by molar-refractivity contribution is 0.0749. The van der Waals surface area contributed by atoms with Crippen LogP contribution in [0.1, 0.15) is 23.2 Å². The molecule has 0 saturated carbocycles. The van der Waals surface area contributed by atoms with E-state index in [0.717, 1.165) is 24.9 Å². The van der Waals surface area contributed by atoms with Gasteiger partial charge in [-0.15, -0.1) is 11.6 Å². The Bertz CT molecular complexity index is 339. The van der Waals surface area contributed by atoms with E-state index in [0.29, 0.717) is 5.88 Å². The number of carbonyl (C=O) groups is 1. The molecule has 0 N–H and O–H groups in total. The highest BCUT2D eigenvalue weighted by Crippen LogP contribution is 2.20. The monoisotopic (exact) mass is 223 g/mol. The molecule has 1 saturated heterocycles. The molecule has 80 valence electrons. The van der Waals surface area contributed by atoms with Crippen molar-refractivity contribution < 1.29 is 4.79 Å². The van der Waals surface area contributed by atoms with E-state index in [4.69, 9.17) is 11.6 Å². The van der Waals surface area contributed by atoms with Crippen molar-refractivity contribution in [1.29, 1.82) is 0 Å². The second kappa shape index (κ2) is 4.67. The van der Waals surface area contributed by atoms with Gasteiger partial charge in [0.2, 0.25) is 0 Å². The Kier molecular flexibility index (Phi) is 3.27. The maximum atomic E-state index is 12.1. The van der Waals surface area contributed by atoms with Gasteiger partial charge < -0.3 is 4.90 Å². The van der Waals surface area contributed by atoms with Gasteiger partial charge in [0, 0.05) is 24.0 Å². The summed E-state index contributed by atoms with van der Waals surface area (Å²) >= 11 is 5.84. The predicted octanol–water partition coefficient (Wildman–Crippen LogP) is 2.53. The van der Waals surface area contributed by atoms with Crippen LogP contribution in [-0.4, -0.2) is 29.3 Å². The van der Waals surface area contributed by atoms with Gasteiger partial charge in [-0.1, -0.05) is 18.2 Å². The van der Waals surface area contributed by atoms with Gasteiger partial charge in [-0.2, -0.15) is 0 Å². The number of nitrogens with zero attached hydrogens (tertiary/aromatic N) is 1. The highest BCUT2D eigenvalue weighted by molar-refractivity contribution is 6.18. The Balaban J connectivity index is 2.14. The maximum Gasteiger partial charge on any atom is 0.254 e. The van der Waals surface area contributed by atoms with E-state index in [1.54, 1.807) is 0 Å². The lowest BCUT2D eigenvalue weighted by atomic mass is 10.2. The average molecular weight is 224 g/mol. The molecule has 0 spiro atoms. The minimum Gasteiger partial charge on any atom is -0.334 e. The molecule has 2 rings (SSSR count). The van der Waals surface area contributed by atoms with E-state index in [-0.39, 0.29) is 11.9 Å². The summed E-state index contributed by atoms with van der Waals surface area (Å²) in [6.45, 7) is 0.838. The molecule has 1 fully saturated rings. The number of benzene rings is 1. The molecule has 3 heteroatoms. The summed E-state index contributed by atoms with van der Waals surface area (Å²) in [5.41, 5.74) is 0.759. The van der Waals surface area contributed by atoms with Crippen LogP contribution >= 0.6 is 11.6 Å². The summed E-state index contributed by atoms with van der Waals surface area (Å²) in [6.07, 6.45) is 2.10. The van der Waals surface area contributed by atoms with Gasteiger partial charge in [-0.25, -0.2) is 0 Å². The van der Waals surface area contributed by atoms with Crippen LogP contribution in [0.4, 0.5) is 0 Å². The number of amides is 1. The highest BCUT2D eigenvalue weighted by atomic mass is 35.5. The smallest absolute Gasteiger partial charge is 0.254 e. The second-order valence-electron chi connectivity index (χ2n) is 3.81. The third kappa shape index (κ3) is 2.15. The zero-order valence-corrected chi connectivity index (χ0v) is 9.28. The van der Waals surface area contributed by atoms with Gasteiger partial charge in [0.05, 0.1) is 0 Å². The Morgan fingerprint density at radius 3 is 2.80 bits per heavy atom. The van der Waals surface area contributed by atoms with Crippen LogP contribution in [0.15, 0.2) is 30.3 Å².